The van der Waals surface area contributed by atoms with Gasteiger partial charge in [-0.15, -0.1) is 0 Å². The number of hydrogen-bond donors (Lipinski definition) is 0. The number of carbonyl (C=O) groups is 1. The fourth-order valence-corrected chi connectivity index (χ4v) is 3.30. The van der Waals surface area contributed by atoms with Gasteiger partial charge in [0.25, 0.3) is 0 Å². The maximum Gasteiger partial charge on any atom is 0.227 e. The van der Waals surface area contributed by atoms with Gasteiger partial charge >= 0.3 is 0 Å². The standard InChI is InChI=1S/C21H28N4O2/c1-15(2)21-22-16(3)13-19(23-21)24-9-11-25(12-10-24)20(26)14-17-7-5-6-8-18(17)27-4/h5-8,13,15H,9-12,14H2,1-4H3. The third kappa shape index (κ3) is 4.56. The Morgan fingerprint density at radius 2 is 1.85 bits per heavy atom. The zero-order valence-electron chi connectivity index (χ0n) is 16.6. The van der Waals surface area contributed by atoms with E-state index in [-0.39, 0.29) is 5.91 Å². The summed E-state index contributed by atoms with van der Waals surface area (Å²) in [6, 6.07) is 9.72. The summed E-state index contributed by atoms with van der Waals surface area (Å²) >= 11 is 0. The lowest BCUT2D eigenvalue weighted by Crippen LogP contribution is -2.49. The Morgan fingerprint density at radius 3 is 2.52 bits per heavy atom. The predicted octanol–water partition coefficient (Wildman–Crippen LogP) is 2.81. The first-order chi connectivity index (χ1) is 13.0. The summed E-state index contributed by atoms with van der Waals surface area (Å²) in [7, 11) is 1.64. The highest BCUT2D eigenvalue weighted by atomic mass is 16.5. The number of amides is 1. The predicted molar refractivity (Wildman–Crippen MR) is 106 cm³/mol. The molecule has 2 aromatic rings. The Labute approximate surface area is 161 Å². The largest absolute Gasteiger partial charge is 0.496 e. The third-order valence-electron chi connectivity index (χ3n) is 4.86. The van der Waals surface area contributed by atoms with Crippen molar-refractivity contribution in [1.82, 2.24) is 14.9 Å². The van der Waals surface area contributed by atoms with Gasteiger partial charge in [-0.2, -0.15) is 0 Å². The summed E-state index contributed by atoms with van der Waals surface area (Å²) in [6.45, 7) is 9.18. The van der Waals surface area contributed by atoms with Crippen molar-refractivity contribution < 1.29 is 9.53 Å². The average Bonchev–Trinajstić information content (AvgIpc) is 2.68. The zero-order chi connectivity index (χ0) is 19.4. The molecule has 0 N–H and O–H groups in total. The van der Waals surface area contributed by atoms with Gasteiger partial charge in [0.1, 0.15) is 17.4 Å². The SMILES string of the molecule is COc1ccccc1CC(=O)N1CCN(c2cc(C)nc(C(C)C)n2)CC1. The fourth-order valence-electron chi connectivity index (χ4n) is 3.30. The second-order valence-electron chi connectivity index (χ2n) is 7.24. The Kier molecular flexibility index (Phi) is 5.94. The Balaban J connectivity index is 1.62. The van der Waals surface area contributed by atoms with Crippen LogP contribution in [0.2, 0.25) is 0 Å². The first kappa shape index (κ1) is 19.1. The molecule has 1 saturated heterocycles. The minimum atomic E-state index is 0.140. The highest BCUT2D eigenvalue weighted by Crippen LogP contribution is 2.21. The number of methoxy groups -OCH3 is 1. The number of piperazine rings is 1. The normalized spacial score (nSPS) is 14.6. The number of para-hydroxylation sites is 1. The van der Waals surface area contributed by atoms with Gasteiger partial charge in [0.15, 0.2) is 0 Å². The van der Waals surface area contributed by atoms with Crippen LogP contribution < -0.4 is 9.64 Å². The fraction of sp³-hybridized carbons (Fsp3) is 0.476. The number of carbonyl (C=O) groups excluding carboxylic acids is 1. The Bertz CT molecular complexity index is 799. The van der Waals surface area contributed by atoms with E-state index in [1.165, 1.54) is 0 Å². The van der Waals surface area contributed by atoms with Crippen LogP contribution in [0.5, 0.6) is 5.75 Å². The van der Waals surface area contributed by atoms with Crippen molar-refractivity contribution in [3.05, 3.63) is 47.4 Å². The lowest BCUT2D eigenvalue weighted by atomic mass is 10.1. The molecule has 6 nitrogen and oxygen atoms in total. The van der Waals surface area contributed by atoms with Gasteiger partial charge in [0.05, 0.1) is 13.5 Å². The molecule has 0 radical (unpaired) electrons. The molecular weight excluding hydrogens is 340 g/mol. The van der Waals surface area contributed by atoms with E-state index < -0.39 is 0 Å². The van der Waals surface area contributed by atoms with Crippen LogP contribution in [-0.4, -0.2) is 54.1 Å². The highest BCUT2D eigenvalue weighted by molar-refractivity contribution is 5.79. The maximum atomic E-state index is 12.7. The van der Waals surface area contributed by atoms with Gasteiger partial charge in [-0.25, -0.2) is 9.97 Å². The first-order valence-electron chi connectivity index (χ1n) is 9.48. The second-order valence-corrected chi connectivity index (χ2v) is 7.24. The molecular formula is C21H28N4O2. The lowest BCUT2D eigenvalue weighted by Gasteiger charge is -2.35. The molecule has 144 valence electrons. The molecule has 3 rings (SSSR count). The molecule has 1 aliphatic heterocycles. The molecule has 27 heavy (non-hydrogen) atoms. The number of anilines is 1. The summed E-state index contributed by atoms with van der Waals surface area (Å²) in [6.07, 6.45) is 0.369. The van der Waals surface area contributed by atoms with Gasteiger partial charge in [-0.1, -0.05) is 32.0 Å². The van der Waals surface area contributed by atoms with Gasteiger partial charge in [0, 0.05) is 49.4 Å². The summed E-state index contributed by atoms with van der Waals surface area (Å²) < 4.78 is 5.36. The van der Waals surface area contributed by atoms with Gasteiger partial charge in [-0.3, -0.25) is 4.79 Å². The van der Waals surface area contributed by atoms with Crippen molar-refractivity contribution in [2.24, 2.45) is 0 Å². The van der Waals surface area contributed by atoms with E-state index in [9.17, 15) is 4.79 Å². The van der Waals surface area contributed by atoms with E-state index in [2.05, 4.69) is 23.7 Å². The van der Waals surface area contributed by atoms with E-state index in [0.717, 1.165) is 41.7 Å². The van der Waals surface area contributed by atoms with Crippen LogP contribution in [0.4, 0.5) is 5.82 Å². The first-order valence-corrected chi connectivity index (χ1v) is 9.48. The van der Waals surface area contributed by atoms with Crippen molar-refractivity contribution in [3.8, 4) is 5.75 Å². The third-order valence-corrected chi connectivity index (χ3v) is 4.86. The van der Waals surface area contributed by atoms with Crippen LogP contribution in [0.15, 0.2) is 30.3 Å². The number of rotatable bonds is 5. The number of benzene rings is 1. The molecule has 0 unspecified atom stereocenters. The maximum absolute atomic E-state index is 12.7. The number of nitrogens with zero attached hydrogens (tertiary/aromatic N) is 4. The van der Waals surface area contributed by atoms with Crippen molar-refractivity contribution in [1.29, 1.82) is 0 Å². The molecule has 1 amide bonds. The van der Waals surface area contributed by atoms with Gasteiger partial charge < -0.3 is 14.5 Å². The van der Waals surface area contributed by atoms with E-state index >= 15 is 0 Å². The lowest BCUT2D eigenvalue weighted by molar-refractivity contribution is -0.130. The molecule has 1 aliphatic rings. The summed E-state index contributed by atoms with van der Waals surface area (Å²) in [5, 5.41) is 0. The number of aryl methyl sites for hydroxylation is 1. The van der Waals surface area contributed by atoms with Crippen LogP contribution in [-0.2, 0) is 11.2 Å². The summed E-state index contributed by atoms with van der Waals surface area (Å²) in [5.41, 5.74) is 1.92. The molecule has 0 saturated carbocycles. The quantitative estimate of drug-likeness (QED) is 0.812. The van der Waals surface area contributed by atoms with Crippen molar-refractivity contribution in [2.45, 2.75) is 33.1 Å². The molecule has 0 aliphatic carbocycles. The number of aromatic nitrogens is 2. The molecule has 1 fully saturated rings. The monoisotopic (exact) mass is 368 g/mol. The molecule has 1 aromatic heterocycles. The Morgan fingerprint density at radius 1 is 1.15 bits per heavy atom. The topological polar surface area (TPSA) is 58.6 Å². The average molecular weight is 368 g/mol. The minimum Gasteiger partial charge on any atom is -0.496 e. The van der Waals surface area contributed by atoms with Crippen LogP contribution in [0.1, 0.15) is 36.8 Å². The van der Waals surface area contributed by atoms with E-state index in [1.807, 2.05) is 42.2 Å². The smallest absolute Gasteiger partial charge is 0.227 e. The number of hydrogen-bond acceptors (Lipinski definition) is 5. The van der Waals surface area contributed by atoms with Crippen molar-refractivity contribution in [3.63, 3.8) is 0 Å². The molecule has 2 heterocycles. The van der Waals surface area contributed by atoms with Crippen LogP contribution in [0.25, 0.3) is 0 Å². The van der Waals surface area contributed by atoms with E-state index in [0.29, 0.717) is 25.4 Å². The number of ether oxygens (including phenoxy) is 1. The van der Waals surface area contributed by atoms with Crippen molar-refractivity contribution in [2.75, 3.05) is 38.2 Å². The van der Waals surface area contributed by atoms with Crippen LogP contribution in [0.3, 0.4) is 0 Å². The molecule has 6 heteroatoms. The zero-order valence-corrected chi connectivity index (χ0v) is 16.6. The Hall–Kier alpha value is -2.63. The molecule has 0 spiro atoms. The van der Waals surface area contributed by atoms with Crippen LogP contribution >= 0.6 is 0 Å². The molecule has 0 atom stereocenters. The summed E-state index contributed by atoms with van der Waals surface area (Å²) in [4.78, 5) is 26.1. The van der Waals surface area contributed by atoms with Crippen molar-refractivity contribution >= 4 is 11.7 Å². The summed E-state index contributed by atoms with van der Waals surface area (Å²) in [5.74, 6) is 3.04. The van der Waals surface area contributed by atoms with E-state index in [4.69, 9.17) is 9.72 Å². The van der Waals surface area contributed by atoms with E-state index in [1.54, 1.807) is 7.11 Å². The second kappa shape index (κ2) is 8.37. The highest BCUT2D eigenvalue weighted by Gasteiger charge is 2.23. The van der Waals surface area contributed by atoms with Crippen LogP contribution in [0, 0.1) is 6.92 Å². The molecule has 0 bridgehead atoms. The molecule has 1 aromatic carbocycles. The van der Waals surface area contributed by atoms with Gasteiger partial charge in [-0.05, 0) is 13.0 Å². The minimum absolute atomic E-state index is 0.140. The van der Waals surface area contributed by atoms with Gasteiger partial charge in [0.2, 0.25) is 5.91 Å².